The van der Waals surface area contributed by atoms with Crippen LogP contribution < -0.4 is 0 Å². The number of pyridine rings is 1. The van der Waals surface area contributed by atoms with Gasteiger partial charge in [-0.15, -0.1) is 0 Å². The minimum atomic E-state index is 0.0215. The van der Waals surface area contributed by atoms with E-state index in [1.165, 1.54) is 22.3 Å². The van der Waals surface area contributed by atoms with Crippen molar-refractivity contribution in [2.45, 2.75) is 19.9 Å². The molecule has 1 unspecified atom stereocenters. The van der Waals surface area contributed by atoms with Crippen LogP contribution in [0.4, 0.5) is 0 Å². The highest BCUT2D eigenvalue weighted by molar-refractivity contribution is 5.92. The van der Waals surface area contributed by atoms with Crippen molar-refractivity contribution < 1.29 is 4.79 Å². The largest absolute Gasteiger partial charge is 0.335 e. The molecule has 0 bridgehead atoms. The van der Waals surface area contributed by atoms with E-state index in [1.807, 2.05) is 17.0 Å². The Hall–Kier alpha value is -2.98. The minimum absolute atomic E-state index is 0.0215. The predicted molar refractivity (Wildman–Crippen MR) is 116 cm³/mol. The number of aromatic nitrogens is 1. The maximum absolute atomic E-state index is 12.8. The lowest BCUT2D eigenvalue weighted by Crippen LogP contribution is -2.50. The van der Waals surface area contributed by atoms with Gasteiger partial charge in [-0.05, 0) is 42.7 Å². The Morgan fingerprint density at radius 1 is 0.897 bits per heavy atom. The fourth-order valence-corrected chi connectivity index (χ4v) is 4.11. The highest BCUT2D eigenvalue weighted by atomic mass is 16.2. The van der Waals surface area contributed by atoms with Crippen LogP contribution in [0.25, 0.3) is 0 Å². The number of benzene rings is 2. The van der Waals surface area contributed by atoms with Crippen LogP contribution in [-0.4, -0.2) is 46.9 Å². The molecule has 4 heteroatoms. The summed E-state index contributed by atoms with van der Waals surface area (Å²) in [5.74, 6) is 0.0215. The zero-order valence-electron chi connectivity index (χ0n) is 17.1. The van der Waals surface area contributed by atoms with Crippen LogP contribution in [0, 0.1) is 13.8 Å². The average molecular weight is 386 g/mol. The van der Waals surface area contributed by atoms with Crippen molar-refractivity contribution in [2.24, 2.45) is 0 Å². The molecule has 0 aliphatic carbocycles. The Bertz CT molecular complexity index is 964. The van der Waals surface area contributed by atoms with E-state index in [0.717, 1.165) is 13.1 Å². The van der Waals surface area contributed by atoms with Crippen molar-refractivity contribution in [2.75, 3.05) is 26.2 Å². The van der Waals surface area contributed by atoms with Gasteiger partial charge in [0, 0.05) is 32.4 Å². The quantitative estimate of drug-likeness (QED) is 0.674. The van der Waals surface area contributed by atoms with Crippen LogP contribution in [-0.2, 0) is 0 Å². The molecule has 1 aliphatic rings. The second kappa shape index (κ2) is 8.58. The summed E-state index contributed by atoms with van der Waals surface area (Å²) in [5, 5.41) is 0. The third kappa shape index (κ3) is 4.22. The first-order valence-corrected chi connectivity index (χ1v) is 10.2. The number of piperazine rings is 1. The Morgan fingerprint density at radius 3 is 2.31 bits per heavy atom. The van der Waals surface area contributed by atoms with E-state index in [1.54, 1.807) is 12.3 Å². The smallest absolute Gasteiger partial charge is 0.272 e. The first kappa shape index (κ1) is 19.3. The number of hydrogen-bond donors (Lipinski definition) is 0. The number of carbonyl (C=O) groups excluding carboxylic acids is 1. The Morgan fingerprint density at radius 2 is 1.62 bits per heavy atom. The summed E-state index contributed by atoms with van der Waals surface area (Å²) in [4.78, 5) is 21.4. The first-order chi connectivity index (χ1) is 14.1. The van der Waals surface area contributed by atoms with Crippen molar-refractivity contribution in [1.82, 2.24) is 14.8 Å². The highest BCUT2D eigenvalue weighted by Gasteiger charge is 2.29. The molecule has 1 aliphatic heterocycles. The normalized spacial score (nSPS) is 15.9. The van der Waals surface area contributed by atoms with Gasteiger partial charge in [0.05, 0.1) is 6.04 Å². The minimum Gasteiger partial charge on any atom is -0.335 e. The lowest BCUT2D eigenvalue weighted by molar-refractivity contribution is 0.0591. The Kier molecular flexibility index (Phi) is 5.72. The molecule has 2 heterocycles. The number of rotatable bonds is 4. The summed E-state index contributed by atoms with van der Waals surface area (Å²) in [6.07, 6.45) is 1.68. The van der Waals surface area contributed by atoms with Gasteiger partial charge in [-0.25, -0.2) is 0 Å². The molecule has 0 saturated carbocycles. The van der Waals surface area contributed by atoms with Crippen LogP contribution in [0.1, 0.15) is 38.8 Å². The Labute approximate surface area is 172 Å². The molecule has 1 fully saturated rings. The molecule has 0 N–H and O–H groups in total. The van der Waals surface area contributed by atoms with E-state index in [-0.39, 0.29) is 11.9 Å². The van der Waals surface area contributed by atoms with E-state index in [4.69, 9.17) is 0 Å². The number of nitrogens with zero attached hydrogens (tertiary/aromatic N) is 3. The summed E-state index contributed by atoms with van der Waals surface area (Å²) in [6.45, 7) is 7.43. The third-order valence-corrected chi connectivity index (χ3v) is 5.70. The van der Waals surface area contributed by atoms with Gasteiger partial charge < -0.3 is 4.90 Å². The molecule has 0 spiro atoms. The summed E-state index contributed by atoms with van der Waals surface area (Å²) < 4.78 is 0. The summed E-state index contributed by atoms with van der Waals surface area (Å²) in [7, 11) is 0. The molecular formula is C25H27N3O. The van der Waals surface area contributed by atoms with Crippen LogP contribution in [0.3, 0.4) is 0 Å². The van der Waals surface area contributed by atoms with Gasteiger partial charge in [-0.3, -0.25) is 14.7 Å². The van der Waals surface area contributed by atoms with Crippen molar-refractivity contribution in [1.29, 1.82) is 0 Å². The maximum atomic E-state index is 12.8. The van der Waals surface area contributed by atoms with Crippen molar-refractivity contribution in [3.8, 4) is 0 Å². The molecule has 29 heavy (non-hydrogen) atoms. The Balaban J connectivity index is 1.57. The van der Waals surface area contributed by atoms with Gasteiger partial charge in [0.1, 0.15) is 5.69 Å². The summed E-state index contributed by atoms with van der Waals surface area (Å²) in [6, 6.07) is 23.1. The van der Waals surface area contributed by atoms with Crippen LogP contribution in [0.2, 0.25) is 0 Å². The molecule has 0 radical (unpaired) electrons. The fourth-order valence-electron chi connectivity index (χ4n) is 4.11. The molecule has 2 aromatic carbocycles. The fraction of sp³-hybridized carbons (Fsp3) is 0.280. The average Bonchev–Trinajstić information content (AvgIpc) is 2.78. The van der Waals surface area contributed by atoms with Crippen molar-refractivity contribution in [3.63, 3.8) is 0 Å². The molecule has 1 amide bonds. The molecule has 4 nitrogen and oxygen atoms in total. The van der Waals surface area contributed by atoms with Crippen molar-refractivity contribution >= 4 is 5.91 Å². The van der Waals surface area contributed by atoms with Gasteiger partial charge in [0.15, 0.2) is 0 Å². The molecule has 4 rings (SSSR count). The topological polar surface area (TPSA) is 36.4 Å². The number of hydrogen-bond acceptors (Lipinski definition) is 3. The molecular weight excluding hydrogens is 358 g/mol. The van der Waals surface area contributed by atoms with Crippen molar-refractivity contribution in [3.05, 3.63) is 101 Å². The first-order valence-electron chi connectivity index (χ1n) is 10.2. The van der Waals surface area contributed by atoms with Gasteiger partial charge >= 0.3 is 0 Å². The van der Waals surface area contributed by atoms with E-state index in [2.05, 4.69) is 72.3 Å². The second-order valence-corrected chi connectivity index (χ2v) is 7.72. The maximum Gasteiger partial charge on any atom is 0.272 e. The lowest BCUT2D eigenvalue weighted by atomic mass is 9.92. The van der Waals surface area contributed by atoms with Gasteiger partial charge in [0.25, 0.3) is 5.91 Å². The third-order valence-electron chi connectivity index (χ3n) is 5.70. The van der Waals surface area contributed by atoms with E-state index >= 15 is 0 Å². The van der Waals surface area contributed by atoms with Crippen LogP contribution in [0.5, 0.6) is 0 Å². The summed E-state index contributed by atoms with van der Waals surface area (Å²) >= 11 is 0. The number of aryl methyl sites for hydroxylation is 2. The van der Waals surface area contributed by atoms with E-state index in [0.29, 0.717) is 18.8 Å². The molecule has 1 atom stereocenters. The molecule has 1 aromatic heterocycles. The molecule has 1 saturated heterocycles. The monoisotopic (exact) mass is 385 g/mol. The van der Waals surface area contributed by atoms with Crippen LogP contribution >= 0.6 is 0 Å². The molecule has 148 valence electrons. The van der Waals surface area contributed by atoms with Crippen LogP contribution in [0.15, 0.2) is 72.9 Å². The molecule has 3 aromatic rings. The SMILES string of the molecule is Cc1ccc(C)c(C(c2ccccc2)N2CCN(C(=O)c3ccccn3)CC2)c1. The van der Waals surface area contributed by atoms with E-state index < -0.39 is 0 Å². The van der Waals surface area contributed by atoms with Gasteiger partial charge in [-0.2, -0.15) is 0 Å². The zero-order valence-corrected chi connectivity index (χ0v) is 17.1. The highest BCUT2D eigenvalue weighted by Crippen LogP contribution is 2.32. The van der Waals surface area contributed by atoms with Gasteiger partial charge in [-0.1, -0.05) is 60.2 Å². The van der Waals surface area contributed by atoms with Gasteiger partial charge in [0.2, 0.25) is 0 Å². The standard InChI is InChI=1S/C25H27N3O/c1-19-11-12-20(2)22(18-19)24(21-8-4-3-5-9-21)27-14-16-28(17-15-27)25(29)23-10-6-7-13-26-23/h3-13,18,24H,14-17H2,1-2H3. The zero-order chi connectivity index (χ0) is 20.2. The second-order valence-electron chi connectivity index (χ2n) is 7.72. The summed E-state index contributed by atoms with van der Waals surface area (Å²) in [5.41, 5.74) is 5.74. The lowest BCUT2D eigenvalue weighted by Gasteiger charge is -2.40. The van der Waals surface area contributed by atoms with E-state index in [9.17, 15) is 4.79 Å². The number of carbonyl (C=O) groups is 1. The predicted octanol–water partition coefficient (Wildman–Crippen LogP) is 4.25. The number of amides is 1.